The minimum Gasteiger partial charge on any atom is -0.394 e. The summed E-state index contributed by atoms with van der Waals surface area (Å²) in [5.74, 6) is 0. The average Bonchev–Trinajstić information content (AvgIpc) is 2.18. The van der Waals surface area contributed by atoms with E-state index in [9.17, 15) is 0 Å². The summed E-state index contributed by atoms with van der Waals surface area (Å²) in [6, 6.07) is 7.28. The summed E-state index contributed by atoms with van der Waals surface area (Å²) in [7, 11) is 0. The van der Waals surface area contributed by atoms with Crippen LogP contribution in [0.5, 0.6) is 0 Å². The lowest BCUT2D eigenvalue weighted by Crippen LogP contribution is -2.36. The molecule has 0 saturated carbocycles. The summed E-state index contributed by atoms with van der Waals surface area (Å²) in [6.45, 7) is 1.57. The van der Waals surface area contributed by atoms with Crippen LogP contribution in [0.3, 0.4) is 0 Å². The second-order valence-electron chi connectivity index (χ2n) is 3.38. The zero-order valence-corrected chi connectivity index (χ0v) is 9.37. The highest BCUT2D eigenvalue weighted by molar-refractivity contribution is 9.10. The van der Waals surface area contributed by atoms with Gasteiger partial charge >= 0.3 is 0 Å². The summed E-state index contributed by atoms with van der Waals surface area (Å²) in [4.78, 5) is 0. The fraction of sp³-hybridized carbons (Fsp3) is 0.300. The number of nitrogens with zero attached hydrogens (tertiary/aromatic N) is 1. The van der Waals surface area contributed by atoms with E-state index in [0.29, 0.717) is 5.56 Å². The first-order valence-corrected chi connectivity index (χ1v) is 4.90. The van der Waals surface area contributed by atoms with Crippen molar-refractivity contribution in [3.8, 4) is 6.07 Å². The molecule has 1 aromatic carbocycles. The molecule has 0 fully saturated rings. The predicted molar refractivity (Wildman–Crippen MR) is 57.5 cm³/mol. The van der Waals surface area contributed by atoms with Gasteiger partial charge in [-0.3, -0.25) is 0 Å². The van der Waals surface area contributed by atoms with Crippen molar-refractivity contribution >= 4 is 15.9 Å². The van der Waals surface area contributed by atoms with Crippen molar-refractivity contribution in [3.05, 3.63) is 33.8 Å². The van der Waals surface area contributed by atoms with Crippen LogP contribution in [0.25, 0.3) is 0 Å². The lowest BCUT2D eigenvalue weighted by atomic mass is 9.93. The van der Waals surface area contributed by atoms with Gasteiger partial charge < -0.3 is 10.8 Å². The van der Waals surface area contributed by atoms with E-state index in [0.717, 1.165) is 10.0 Å². The van der Waals surface area contributed by atoms with Gasteiger partial charge in [-0.1, -0.05) is 6.07 Å². The maximum Gasteiger partial charge on any atom is 0.100 e. The highest BCUT2D eigenvalue weighted by Crippen LogP contribution is 2.23. The maximum atomic E-state index is 9.06. The van der Waals surface area contributed by atoms with E-state index >= 15 is 0 Å². The lowest BCUT2D eigenvalue weighted by Gasteiger charge is -2.22. The van der Waals surface area contributed by atoms with Crippen molar-refractivity contribution in [2.24, 2.45) is 5.73 Å². The van der Waals surface area contributed by atoms with E-state index in [4.69, 9.17) is 16.1 Å². The van der Waals surface area contributed by atoms with Crippen molar-refractivity contribution in [1.29, 1.82) is 5.26 Å². The summed E-state index contributed by atoms with van der Waals surface area (Å²) >= 11 is 3.25. The third-order valence-electron chi connectivity index (χ3n) is 2.07. The van der Waals surface area contributed by atoms with Crippen LogP contribution in [0.15, 0.2) is 22.7 Å². The highest BCUT2D eigenvalue weighted by atomic mass is 79.9. The fourth-order valence-corrected chi connectivity index (χ4v) is 1.39. The quantitative estimate of drug-likeness (QED) is 0.841. The number of benzene rings is 1. The van der Waals surface area contributed by atoms with Crippen molar-refractivity contribution in [2.75, 3.05) is 6.61 Å². The third kappa shape index (κ3) is 2.13. The molecule has 4 heteroatoms. The van der Waals surface area contributed by atoms with Crippen molar-refractivity contribution < 1.29 is 5.11 Å². The molecule has 0 aliphatic heterocycles. The van der Waals surface area contributed by atoms with E-state index in [1.807, 2.05) is 6.07 Å². The molecule has 0 aromatic heterocycles. The topological polar surface area (TPSA) is 70.0 Å². The second-order valence-corrected chi connectivity index (χ2v) is 4.24. The molecule has 0 amide bonds. The van der Waals surface area contributed by atoms with E-state index in [2.05, 4.69) is 15.9 Å². The first kappa shape index (κ1) is 11.2. The van der Waals surface area contributed by atoms with Crippen LogP contribution in [0.4, 0.5) is 0 Å². The monoisotopic (exact) mass is 254 g/mol. The zero-order valence-electron chi connectivity index (χ0n) is 7.79. The Balaban J connectivity index is 3.21. The molecule has 0 spiro atoms. The largest absolute Gasteiger partial charge is 0.394 e. The van der Waals surface area contributed by atoms with E-state index in [-0.39, 0.29) is 6.61 Å². The van der Waals surface area contributed by atoms with Crippen LogP contribution in [-0.4, -0.2) is 11.7 Å². The molecular formula is C10H11BrN2O. The number of hydrogen-bond acceptors (Lipinski definition) is 3. The SMILES string of the molecule is C[C@@](N)(CO)c1ccc(Br)c(C#N)c1. The Hall–Kier alpha value is -0.890. The van der Waals surface area contributed by atoms with Gasteiger partial charge in [-0.05, 0) is 40.5 Å². The molecule has 3 N–H and O–H groups in total. The van der Waals surface area contributed by atoms with E-state index in [1.54, 1.807) is 25.1 Å². The molecule has 0 unspecified atom stereocenters. The number of nitriles is 1. The maximum absolute atomic E-state index is 9.06. The number of halogens is 1. The van der Waals surface area contributed by atoms with Crippen LogP contribution in [0.2, 0.25) is 0 Å². The summed E-state index contributed by atoms with van der Waals surface area (Å²) in [5.41, 5.74) is 6.31. The van der Waals surface area contributed by atoms with Gasteiger partial charge in [0.25, 0.3) is 0 Å². The molecule has 0 aliphatic carbocycles. The molecule has 0 aliphatic rings. The van der Waals surface area contributed by atoms with Gasteiger partial charge in [0.2, 0.25) is 0 Å². The lowest BCUT2D eigenvalue weighted by molar-refractivity contribution is 0.210. The molecule has 1 rings (SSSR count). The Morgan fingerprint density at radius 2 is 2.29 bits per heavy atom. The number of rotatable bonds is 2. The molecular weight excluding hydrogens is 244 g/mol. The Bertz CT molecular complexity index is 382. The molecule has 14 heavy (non-hydrogen) atoms. The summed E-state index contributed by atoms with van der Waals surface area (Å²) in [6.07, 6.45) is 0. The molecule has 74 valence electrons. The second kappa shape index (κ2) is 4.09. The van der Waals surface area contributed by atoms with Crippen LogP contribution in [0, 0.1) is 11.3 Å². The molecule has 1 atom stereocenters. The molecule has 3 nitrogen and oxygen atoms in total. The molecule has 0 heterocycles. The van der Waals surface area contributed by atoms with Crippen molar-refractivity contribution in [1.82, 2.24) is 0 Å². The smallest absolute Gasteiger partial charge is 0.100 e. The van der Waals surface area contributed by atoms with Gasteiger partial charge in [0.15, 0.2) is 0 Å². The Labute approximate surface area is 91.3 Å². The summed E-state index contributed by atoms with van der Waals surface area (Å²) in [5, 5.41) is 17.9. The average molecular weight is 255 g/mol. The van der Waals surface area contributed by atoms with Crippen LogP contribution >= 0.6 is 15.9 Å². The first-order valence-electron chi connectivity index (χ1n) is 4.11. The Morgan fingerprint density at radius 3 is 2.79 bits per heavy atom. The van der Waals surface area contributed by atoms with Gasteiger partial charge in [-0.15, -0.1) is 0 Å². The highest BCUT2D eigenvalue weighted by Gasteiger charge is 2.20. The van der Waals surface area contributed by atoms with Gasteiger partial charge in [-0.2, -0.15) is 5.26 Å². The normalized spacial score (nSPS) is 14.5. The van der Waals surface area contributed by atoms with Crippen LogP contribution < -0.4 is 5.73 Å². The molecule has 0 bridgehead atoms. The van der Waals surface area contributed by atoms with Crippen molar-refractivity contribution in [3.63, 3.8) is 0 Å². The Kier molecular flexibility index (Phi) is 3.27. The Morgan fingerprint density at radius 1 is 1.64 bits per heavy atom. The van der Waals surface area contributed by atoms with E-state index in [1.165, 1.54) is 0 Å². The first-order chi connectivity index (χ1) is 6.51. The van der Waals surface area contributed by atoms with Gasteiger partial charge in [-0.25, -0.2) is 0 Å². The zero-order chi connectivity index (χ0) is 10.8. The minimum absolute atomic E-state index is 0.153. The van der Waals surface area contributed by atoms with Gasteiger partial charge in [0, 0.05) is 4.47 Å². The number of hydrogen-bond donors (Lipinski definition) is 2. The van der Waals surface area contributed by atoms with E-state index < -0.39 is 5.54 Å². The van der Waals surface area contributed by atoms with Gasteiger partial charge in [0.05, 0.1) is 17.7 Å². The van der Waals surface area contributed by atoms with Crippen molar-refractivity contribution in [2.45, 2.75) is 12.5 Å². The predicted octanol–water partition coefficient (Wildman–Crippen LogP) is 1.49. The molecule has 0 saturated heterocycles. The standard InChI is InChI=1S/C10H11BrN2O/c1-10(13,6-14)8-2-3-9(11)7(4-8)5-12/h2-4,14H,6,13H2,1H3/t10-/m1/s1. The third-order valence-corrected chi connectivity index (χ3v) is 2.77. The number of aliphatic hydroxyl groups is 1. The van der Waals surface area contributed by atoms with Gasteiger partial charge in [0.1, 0.15) is 6.07 Å². The fourth-order valence-electron chi connectivity index (χ4n) is 1.06. The number of aliphatic hydroxyl groups excluding tert-OH is 1. The molecule has 0 radical (unpaired) electrons. The molecule has 1 aromatic rings. The summed E-state index contributed by atoms with van der Waals surface area (Å²) < 4.78 is 0.734. The van der Waals surface area contributed by atoms with Crippen LogP contribution in [0.1, 0.15) is 18.1 Å². The number of nitrogens with two attached hydrogens (primary N) is 1. The van der Waals surface area contributed by atoms with Crippen LogP contribution in [-0.2, 0) is 5.54 Å². The minimum atomic E-state index is -0.799.